The lowest BCUT2D eigenvalue weighted by Gasteiger charge is -2.29. The first kappa shape index (κ1) is 12.6. The van der Waals surface area contributed by atoms with Crippen LogP contribution in [-0.2, 0) is 0 Å². The first-order valence-corrected chi connectivity index (χ1v) is 7.00. The highest BCUT2D eigenvalue weighted by Gasteiger charge is 2.25. The summed E-state index contributed by atoms with van der Waals surface area (Å²) in [5.74, 6) is 1.32. The van der Waals surface area contributed by atoms with E-state index in [1.54, 1.807) is 12.4 Å². The van der Waals surface area contributed by atoms with E-state index in [1.165, 1.54) is 0 Å². The predicted octanol–water partition coefficient (Wildman–Crippen LogP) is 3.23. The van der Waals surface area contributed by atoms with Gasteiger partial charge in [-0.15, -0.1) is 0 Å². The lowest BCUT2D eigenvalue weighted by Crippen LogP contribution is -2.22. The monoisotopic (exact) mass is 290 g/mol. The van der Waals surface area contributed by atoms with Crippen molar-refractivity contribution in [3.05, 3.63) is 66.5 Å². The normalized spacial score (nSPS) is 15.4. The van der Waals surface area contributed by atoms with Crippen molar-refractivity contribution in [3.8, 4) is 16.9 Å². The summed E-state index contributed by atoms with van der Waals surface area (Å²) in [6.45, 7) is 0. The molecule has 1 atom stereocenters. The van der Waals surface area contributed by atoms with Crippen LogP contribution in [0.25, 0.3) is 11.1 Å². The fraction of sp³-hybridized carbons (Fsp3) is 0.0588. The Kier molecular flexibility index (Phi) is 2.89. The van der Waals surface area contributed by atoms with Crippen molar-refractivity contribution < 1.29 is 4.74 Å². The highest BCUT2D eigenvalue weighted by Crippen LogP contribution is 2.41. The number of anilines is 2. The van der Waals surface area contributed by atoms with E-state index in [2.05, 4.69) is 27.4 Å². The van der Waals surface area contributed by atoms with Crippen molar-refractivity contribution in [2.75, 3.05) is 11.1 Å². The highest BCUT2D eigenvalue weighted by atomic mass is 16.5. The summed E-state index contributed by atoms with van der Waals surface area (Å²) < 4.78 is 6.07. The zero-order chi connectivity index (χ0) is 14.9. The number of nitrogens with one attached hydrogen (secondary N) is 1. The molecule has 1 aliphatic rings. The Bertz CT molecular complexity index is 817. The predicted molar refractivity (Wildman–Crippen MR) is 85.3 cm³/mol. The largest absolute Gasteiger partial charge is 0.466 e. The molecule has 0 fully saturated rings. The Morgan fingerprint density at radius 2 is 1.59 bits per heavy atom. The Morgan fingerprint density at radius 1 is 0.909 bits per heavy atom. The number of benzene rings is 2. The molecule has 22 heavy (non-hydrogen) atoms. The van der Waals surface area contributed by atoms with Crippen LogP contribution in [0.4, 0.5) is 11.6 Å². The maximum atomic E-state index is 6.07. The molecule has 0 amide bonds. The van der Waals surface area contributed by atoms with E-state index in [4.69, 9.17) is 10.5 Å². The lowest BCUT2D eigenvalue weighted by molar-refractivity contribution is 0.231. The fourth-order valence-electron chi connectivity index (χ4n) is 2.59. The number of hydrogen-bond donors (Lipinski definition) is 2. The number of ether oxygens (including phenoxy) is 1. The van der Waals surface area contributed by atoms with E-state index in [9.17, 15) is 0 Å². The molecule has 0 saturated carbocycles. The molecular weight excluding hydrogens is 276 g/mol. The second-order valence-electron chi connectivity index (χ2n) is 5.07. The van der Waals surface area contributed by atoms with Crippen LogP contribution >= 0.6 is 0 Å². The molecule has 108 valence electrons. The second-order valence-corrected chi connectivity index (χ2v) is 5.07. The summed E-state index contributed by atoms with van der Waals surface area (Å²) in [5, 5.41) is 3.21. The van der Waals surface area contributed by atoms with Crippen molar-refractivity contribution in [2.24, 2.45) is 0 Å². The van der Waals surface area contributed by atoms with E-state index < -0.39 is 0 Å². The van der Waals surface area contributed by atoms with Gasteiger partial charge in [-0.1, -0.05) is 42.5 Å². The molecule has 0 radical (unpaired) electrons. The minimum absolute atomic E-state index is 0.338. The quantitative estimate of drug-likeness (QED) is 0.758. The number of rotatable bonds is 2. The number of para-hydroxylation sites is 1. The Morgan fingerprint density at radius 3 is 2.41 bits per heavy atom. The molecule has 0 bridgehead atoms. The zero-order valence-electron chi connectivity index (χ0n) is 11.7. The average molecular weight is 290 g/mol. The molecule has 0 aliphatic carbocycles. The topological polar surface area (TPSA) is 73.1 Å². The third-order valence-electron chi connectivity index (χ3n) is 3.60. The third kappa shape index (κ3) is 2.13. The van der Waals surface area contributed by atoms with Crippen LogP contribution in [0.1, 0.15) is 11.8 Å². The molecule has 2 heterocycles. The summed E-state index contributed by atoms with van der Waals surface area (Å²) in [6, 6.07) is 16.1. The van der Waals surface area contributed by atoms with Crippen molar-refractivity contribution in [1.82, 2.24) is 9.97 Å². The standard InChI is InChI=1S/C17H14N4O/c18-11-9-19-17(20-10-11)21-16-14-7-2-1-5-12(14)13-6-3-4-8-15(13)22-16/h1-10,16H,18H2,(H,19,20,21). The van der Waals surface area contributed by atoms with Crippen LogP contribution in [0.15, 0.2) is 60.9 Å². The third-order valence-corrected chi connectivity index (χ3v) is 3.60. The summed E-state index contributed by atoms with van der Waals surface area (Å²) in [7, 11) is 0. The van der Waals surface area contributed by atoms with Gasteiger partial charge in [-0.3, -0.25) is 0 Å². The molecule has 2 aromatic carbocycles. The number of fused-ring (bicyclic) bond motifs is 3. The molecule has 5 nitrogen and oxygen atoms in total. The van der Waals surface area contributed by atoms with Gasteiger partial charge in [0.15, 0.2) is 6.23 Å². The molecule has 0 spiro atoms. The smallest absolute Gasteiger partial charge is 0.225 e. The first-order valence-electron chi connectivity index (χ1n) is 7.00. The number of hydrogen-bond acceptors (Lipinski definition) is 5. The van der Waals surface area contributed by atoms with Gasteiger partial charge in [0.2, 0.25) is 5.95 Å². The summed E-state index contributed by atoms with van der Waals surface area (Å²) in [4.78, 5) is 8.35. The molecule has 0 saturated heterocycles. The summed E-state index contributed by atoms with van der Waals surface area (Å²) in [6.07, 6.45) is 2.80. The van der Waals surface area contributed by atoms with Crippen LogP contribution in [0.2, 0.25) is 0 Å². The maximum absolute atomic E-state index is 6.07. The molecule has 1 aliphatic heterocycles. The molecule has 3 aromatic rings. The van der Waals surface area contributed by atoms with E-state index in [0.29, 0.717) is 11.6 Å². The Labute approximate surface area is 127 Å². The van der Waals surface area contributed by atoms with Crippen LogP contribution in [-0.4, -0.2) is 9.97 Å². The van der Waals surface area contributed by atoms with Gasteiger partial charge in [-0.25, -0.2) is 9.97 Å². The van der Waals surface area contributed by atoms with Crippen LogP contribution < -0.4 is 15.8 Å². The van der Waals surface area contributed by atoms with Crippen molar-refractivity contribution >= 4 is 11.6 Å². The van der Waals surface area contributed by atoms with Gasteiger partial charge in [0.05, 0.1) is 18.1 Å². The SMILES string of the molecule is Nc1cnc(NC2Oc3ccccc3-c3ccccc32)nc1. The van der Waals surface area contributed by atoms with Crippen LogP contribution in [0.5, 0.6) is 5.75 Å². The summed E-state index contributed by atoms with van der Waals surface area (Å²) in [5.41, 5.74) is 9.44. The maximum Gasteiger partial charge on any atom is 0.225 e. The van der Waals surface area contributed by atoms with E-state index in [1.807, 2.05) is 36.4 Å². The van der Waals surface area contributed by atoms with Crippen LogP contribution in [0.3, 0.4) is 0 Å². The number of aromatic nitrogens is 2. The van der Waals surface area contributed by atoms with Gasteiger partial charge < -0.3 is 15.8 Å². The Hall–Kier alpha value is -3.08. The highest BCUT2D eigenvalue weighted by molar-refractivity contribution is 5.76. The molecule has 3 N–H and O–H groups in total. The van der Waals surface area contributed by atoms with Crippen molar-refractivity contribution in [1.29, 1.82) is 0 Å². The van der Waals surface area contributed by atoms with Crippen molar-refractivity contribution in [3.63, 3.8) is 0 Å². The van der Waals surface area contributed by atoms with Gasteiger partial charge in [0.25, 0.3) is 0 Å². The number of nitrogens with zero attached hydrogens (tertiary/aromatic N) is 2. The lowest BCUT2D eigenvalue weighted by atomic mass is 9.95. The minimum Gasteiger partial charge on any atom is -0.466 e. The van der Waals surface area contributed by atoms with Gasteiger partial charge in [-0.05, 0) is 11.6 Å². The number of nitrogen functional groups attached to an aromatic ring is 1. The number of nitrogens with two attached hydrogens (primary N) is 1. The van der Waals surface area contributed by atoms with Gasteiger partial charge >= 0.3 is 0 Å². The molecule has 5 heteroatoms. The van der Waals surface area contributed by atoms with Crippen molar-refractivity contribution in [2.45, 2.75) is 6.23 Å². The zero-order valence-corrected chi connectivity index (χ0v) is 11.7. The van der Waals surface area contributed by atoms with Crippen LogP contribution in [0, 0.1) is 0 Å². The molecule has 4 rings (SSSR count). The van der Waals surface area contributed by atoms with E-state index >= 15 is 0 Å². The molecule has 1 aromatic heterocycles. The first-order chi connectivity index (χ1) is 10.8. The van der Waals surface area contributed by atoms with E-state index in [0.717, 1.165) is 22.4 Å². The van der Waals surface area contributed by atoms with E-state index in [-0.39, 0.29) is 6.23 Å². The van der Waals surface area contributed by atoms with Gasteiger partial charge in [0.1, 0.15) is 5.75 Å². The summed E-state index contributed by atoms with van der Waals surface area (Å²) >= 11 is 0. The average Bonchev–Trinajstić information content (AvgIpc) is 2.57. The molecule has 1 unspecified atom stereocenters. The minimum atomic E-state index is -0.338. The molecular formula is C17H14N4O. The Balaban J connectivity index is 1.74. The van der Waals surface area contributed by atoms with Gasteiger partial charge in [0, 0.05) is 11.1 Å². The second kappa shape index (κ2) is 5.04. The van der Waals surface area contributed by atoms with Gasteiger partial charge in [-0.2, -0.15) is 0 Å². The fourth-order valence-corrected chi connectivity index (χ4v) is 2.59.